The molecule has 0 aromatic carbocycles. The second-order valence-electron chi connectivity index (χ2n) is 4.30. The standard InChI is InChI=1S/C10H19NO2/c1-11(2)9-3-5-10(6-4-9)12-7-8-13-10/h9H,3-8H2,1-2H3. The molecule has 0 amide bonds. The van der Waals surface area contributed by atoms with Gasteiger partial charge in [0, 0.05) is 18.9 Å². The van der Waals surface area contributed by atoms with Crippen molar-refractivity contribution in [2.75, 3.05) is 27.3 Å². The van der Waals surface area contributed by atoms with Crippen molar-refractivity contribution in [1.29, 1.82) is 0 Å². The Bertz CT molecular complexity index is 166. The molecule has 1 saturated carbocycles. The summed E-state index contributed by atoms with van der Waals surface area (Å²) in [7, 11) is 4.30. The Balaban J connectivity index is 1.88. The number of hydrogen-bond acceptors (Lipinski definition) is 3. The van der Waals surface area contributed by atoms with Crippen molar-refractivity contribution in [3.05, 3.63) is 0 Å². The Kier molecular flexibility index (Phi) is 2.58. The van der Waals surface area contributed by atoms with Gasteiger partial charge in [-0.3, -0.25) is 0 Å². The molecule has 2 rings (SSSR count). The van der Waals surface area contributed by atoms with Gasteiger partial charge in [-0.15, -0.1) is 0 Å². The molecule has 1 aliphatic heterocycles. The lowest BCUT2D eigenvalue weighted by molar-refractivity contribution is -0.182. The largest absolute Gasteiger partial charge is 0.348 e. The summed E-state index contributed by atoms with van der Waals surface area (Å²) in [5.74, 6) is -0.188. The van der Waals surface area contributed by atoms with Crippen molar-refractivity contribution in [2.45, 2.75) is 37.5 Å². The Labute approximate surface area is 80.0 Å². The van der Waals surface area contributed by atoms with Gasteiger partial charge in [-0.05, 0) is 26.9 Å². The smallest absolute Gasteiger partial charge is 0.168 e. The van der Waals surface area contributed by atoms with Gasteiger partial charge in [-0.2, -0.15) is 0 Å². The van der Waals surface area contributed by atoms with Crippen LogP contribution in [-0.4, -0.2) is 44.0 Å². The first-order valence-corrected chi connectivity index (χ1v) is 5.16. The van der Waals surface area contributed by atoms with Crippen molar-refractivity contribution in [2.24, 2.45) is 0 Å². The van der Waals surface area contributed by atoms with Gasteiger partial charge < -0.3 is 14.4 Å². The third-order valence-corrected chi connectivity index (χ3v) is 3.26. The molecule has 2 aliphatic rings. The first-order chi connectivity index (χ1) is 6.22. The van der Waals surface area contributed by atoms with Gasteiger partial charge in [0.25, 0.3) is 0 Å². The highest BCUT2D eigenvalue weighted by atomic mass is 16.7. The van der Waals surface area contributed by atoms with E-state index >= 15 is 0 Å². The van der Waals surface area contributed by atoms with E-state index in [9.17, 15) is 0 Å². The van der Waals surface area contributed by atoms with Crippen LogP contribution in [0, 0.1) is 0 Å². The third kappa shape index (κ3) is 1.87. The zero-order valence-corrected chi connectivity index (χ0v) is 8.58. The average Bonchev–Trinajstić information content (AvgIpc) is 2.54. The molecular formula is C10H19NO2. The van der Waals surface area contributed by atoms with E-state index in [1.54, 1.807) is 0 Å². The molecule has 76 valence electrons. The quantitative estimate of drug-likeness (QED) is 0.613. The Morgan fingerprint density at radius 3 is 2.08 bits per heavy atom. The number of ether oxygens (including phenoxy) is 2. The fourth-order valence-electron chi connectivity index (χ4n) is 2.34. The second-order valence-corrected chi connectivity index (χ2v) is 4.30. The summed E-state index contributed by atoms with van der Waals surface area (Å²) in [6.45, 7) is 1.57. The molecule has 0 unspecified atom stereocenters. The summed E-state index contributed by atoms with van der Waals surface area (Å²) < 4.78 is 11.3. The van der Waals surface area contributed by atoms with Crippen molar-refractivity contribution < 1.29 is 9.47 Å². The molecule has 13 heavy (non-hydrogen) atoms. The minimum atomic E-state index is -0.188. The number of hydrogen-bond donors (Lipinski definition) is 0. The third-order valence-electron chi connectivity index (χ3n) is 3.26. The SMILES string of the molecule is CN(C)C1CCC2(CC1)OCCO2. The maximum atomic E-state index is 5.67. The fourth-order valence-corrected chi connectivity index (χ4v) is 2.34. The molecule has 0 radical (unpaired) electrons. The summed E-state index contributed by atoms with van der Waals surface area (Å²) in [5.41, 5.74) is 0. The van der Waals surface area contributed by atoms with Crippen LogP contribution in [-0.2, 0) is 9.47 Å². The summed E-state index contributed by atoms with van der Waals surface area (Å²) in [6, 6.07) is 0.721. The first kappa shape index (κ1) is 9.44. The van der Waals surface area contributed by atoms with Gasteiger partial charge in [0.1, 0.15) is 0 Å². The highest BCUT2D eigenvalue weighted by Crippen LogP contribution is 2.36. The van der Waals surface area contributed by atoms with Gasteiger partial charge in [0.05, 0.1) is 13.2 Å². The predicted octanol–water partition coefficient (Wildman–Crippen LogP) is 1.23. The lowest BCUT2D eigenvalue weighted by atomic mass is 9.89. The first-order valence-electron chi connectivity index (χ1n) is 5.16. The van der Waals surface area contributed by atoms with Crippen molar-refractivity contribution >= 4 is 0 Å². The van der Waals surface area contributed by atoms with Gasteiger partial charge in [0.2, 0.25) is 0 Å². The molecule has 3 nitrogen and oxygen atoms in total. The normalized spacial score (nSPS) is 28.8. The number of rotatable bonds is 1. The van der Waals surface area contributed by atoms with Crippen LogP contribution in [0.5, 0.6) is 0 Å². The van der Waals surface area contributed by atoms with Crippen molar-refractivity contribution in [3.63, 3.8) is 0 Å². The monoisotopic (exact) mass is 185 g/mol. The van der Waals surface area contributed by atoms with Crippen LogP contribution in [0.4, 0.5) is 0 Å². The maximum Gasteiger partial charge on any atom is 0.168 e. The Morgan fingerprint density at radius 1 is 1.08 bits per heavy atom. The lowest BCUT2D eigenvalue weighted by Gasteiger charge is -2.37. The summed E-state index contributed by atoms with van der Waals surface area (Å²) in [5, 5.41) is 0. The van der Waals surface area contributed by atoms with Crippen molar-refractivity contribution in [3.8, 4) is 0 Å². The Morgan fingerprint density at radius 2 is 1.62 bits per heavy atom. The van der Waals surface area contributed by atoms with Crippen LogP contribution >= 0.6 is 0 Å². The molecule has 0 bridgehead atoms. The maximum absolute atomic E-state index is 5.67. The highest BCUT2D eigenvalue weighted by molar-refractivity contribution is 4.85. The fraction of sp³-hybridized carbons (Fsp3) is 1.00. The van der Waals surface area contributed by atoms with Crippen LogP contribution in [0.25, 0.3) is 0 Å². The number of nitrogens with zero attached hydrogens (tertiary/aromatic N) is 1. The summed E-state index contributed by atoms with van der Waals surface area (Å²) in [6.07, 6.45) is 4.53. The van der Waals surface area contributed by atoms with Crippen LogP contribution in [0.3, 0.4) is 0 Å². The van der Waals surface area contributed by atoms with E-state index in [0.717, 1.165) is 32.1 Å². The Hall–Kier alpha value is -0.120. The molecule has 0 aromatic rings. The van der Waals surface area contributed by atoms with Crippen molar-refractivity contribution in [1.82, 2.24) is 4.90 Å². The predicted molar refractivity (Wildman–Crippen MR) is 50.6 cm³/mol. The van der Waals surface area contributed by atoms with Gasteiger partial charge >= 0.3 is 0 Å². The minimum absolute atomic E-state index is 0.188. The molecule has 0 N–H and O–H groups in total. The molecule has 1 spiro atoms. The van der Waals surface area contributed by atoms with E-state index in [0.29, 0.717) is 0 Å². The van der Waals surface area contributed by atoms with E-state index < -0.39 is 0 Å². The summed E-state index contributed by atoms with van der Waals surface area (Å²) in [4.78, 5) is 2.31. The van der Waals surface area contributed by atoms with E-state index in [4.69, 9.17) is 9.47 Å². The molecule has 0 aromatic heterocycles. The van der Waals surface area contributed by atoms with Crippen LogP contribution in [0.1, 0.15) is 25.7 Å². The van der Waals surface area contributed by atoms with E-state index in [1.807, 2.05) is 0 Å². The van der Waals surface area contributed by atoms with E-state index in [-0.39, 0.29) is 5.79 Å². The molecule has 1 aliphatic carbocycles. The molecular weight excluding hydrogens is 166 g/mol. The van der Waals surface area contributed by atoms with E-state index in [1.165, 1.54) is 12.8 Å². The molecule has 0 atom stereocenters. The van der Waals surface area contributed by atoms with Gasteiger partial charge in [-0.25, -0.2) is 0 Å². The van der Waals surface area contributed by atoms with Crippen LogP contribution in [0.15, 0.2) is 0 Å². The molecule has 3 heteroatoms. The molecule has 1 saturated heterocycles. The van der Waals surface area contributed by atoms with Gasteiger partial charge in [-0.1, -0.05) is 0 Å². The van der Waals surface area contributed by atoms with Crippen LogP contribution < -0.4 is 0 Å². The second kappa shape index (κ2) is 3.56. The minimum Gasteiger partial charge on any atom is -0.348 e. The topological polar surface area (TPSA) is 21.7 Å². The zero-order chi connectivity index (χ0) is 9.31. The molecule has 1 heterocycles. The average molecular weight is 185 g/mol. The van der Waals surface area contributed by atoms with Crippen LogP contribution in [0.2, 0.25) is 0 Å². The lowest BCUT2D eigenvalue weighted by Crippen LogP contribution is -2.41. The summed E-state index contributed by atoms with van der Waals surface area (Å²) >= 11 is 0. The van der Waals surface area contributed by atoms with E-state index in [2.05, 4.69) is 19.0 Å². The van der Waals surface area contributed by atoms with Gasteiger partial charge in [0.15, 0.2) is 5.79 Å². The zero-order valence-electron chi connectivity index (χ0n) is 8.58. The molecule has 2 fully saturated rings. The highest BCUT2D eigenvalue weighted by Gasteiger charge is 2.40.